The van der Waals surface area contributed by atoms with Crippen LogP contribution in [0.25, 0.3) is 10.9 Å². The molecule has 94 valence electrons. The Balaban J connectivity index is 2.62. The molecule has 1 aromatic heterocycles. The molecule has 0 N–H and O–H groups in total. The Bertz CT molecular complexity index is 566. The SMILES string of the molecule is CCOC(=O)c1c(OCC)ccc2cccnc12. The van der Waals surface area contributed by atoms with Gasteiger partial charge < -0.3 is 9.47 Å². The van der Waals surface area contributed by atoms with E-state index in [0.717, 1.165) is 5.39 Å². The molecule has 4 heteroatoms. The molecule has 1 aromatic carbocycles. The van der Waals surface area contributed by atoms with Crippen LogP contribution >= 0.6 is 0 Å². The summed E-state index contributed by atoms with van der Waals surface area (Å²) in [6.07, 6.45) is 1.65. The molecule has 1 heterocycles. The number of pyridine rings is 1. The predicted molar refractivity (Wildman–Crippen MR) is 68.9 cm³/mol. The summed E-state index contributed by atoms with van der Waals surface area (Å²) in [5.41, 5.74) is 1.01. The normalized spacial score (nSPS) is 10.3. The van der Waals surface area contributed by atoms with E-state index in [1.54, 1.807) is 19.2 Å². The van der Waals surface area contributed by atoms with Gasteiger partial charge >= 0.3 is 5.97 Å². The average molecular weight is 245 g/mol. The van der Waals surface area contributed by atoms with Gasteiger partial charge in [-0.25, -0.2) is 4.79 Å². The first-order valence-electron chi connectivity index (χ1n) is 5.95. The maximum Gasteiger partial charge on any atom is 0.344 e. The molecular formula is C14H15NO3. The highest BCUT2D eigenvalue weighted by Crippen LogP contribution is 2.27. The Hall–Kier alpha value is -2.10. The molecule has 0 atom stereocenters. The van der Waals surface area contributed by atoms with Crippen LogP contribution in [0.2, 0.25) is 0 Å². The van der Waals surface area contributed by atoms with Crippen LogP contribution in [0, 0.1) is 0 Å². The zero-order valence-corrected chi connectivity index (χ0v) is 10.5. The zero-order valence-electron chi connectivity index (χ0n) is 10.5. The van der Waals surface area contributed by atoms with Gasteiger partial charge in [0.05, 0.1) is 18.7 Å². The van der Waals surface area contributed by atoms with Crippen LogP contribution in [-0.4, -0.2) is 24.2 Å². The van der Waals surface area contributed by atoms with E-state index < -0.39 is 5.97 Å². The zero-order chi connectivity index (χ0) is 13.0. The highest BCUT2D eigenvalue weighted by molar-refractivity contribution is 6.05. The van der Waals surface area contributed by atoms with Gasteiger partial charge in [-0.05, 0) is 32.0 Å². The summed E-state index contributed by atoms with van der Waals surface area (Å²) in [6.45, 7) is 4.47. The lowest BCUT2D eigenvalue weighted by molar-refractivity contribution is 0.0524. The minimum Gasteiger partial charge on any atom is -0.493 e. The van der Waals surface area contributed by atoms with Gasteiger partial charge in [-0.2, -0.15) is 0 Å². The first kappa shape index (κ1) is 12.4. The molecule has 0 saturated heterocycles. The van der Waals surface area contributed by atoms with Gasteiger partial charge in [-0.1, -0.05) is 6.07 Å². The first-order chi connectivity index (χ1) is 8.77. The van der Waals surface area contributed by atoms with Gasteiger partial charge in [0.15, 0.2) is 0 Å². The second-order valence-electron chi connectivity index (χ2n) is 3.67. The van der Waals surface area contributed by atoms with Crippen molar-refractivity contribution in [3.8, 4) is 5.75 Å². The van der Waals surface area contributed by atoms with Crippen molar-refractivity contribution in [2.75, 3.05) is 13.2 Å². The summed E-state index contributed by atoms with van der Waals surface area (Å²) in [7, 11) is 0. The van der Waals surface area contributed by atoms with Crippen LogP contribution in [0.1, 0.15) is 24.2 Å². The average Bonchev–Trinajstić information content (AvgIpc) is 2.39. The summed E-state index contributed by atoms with van der Waals surface area (Å²) >= 11 is 0. The third-order valence-electron chi connectivity index (χ3n) is 2.52. The van der Waals surface area contributed by atoms with Gasteiger partial charge in [0.25, 0.3) is 0 Å². The number of aromatic nitrogens is 1. The monoisotopic (exact) mass is 245 g/mol. The molecule has 0 radical (unpaired) electrons. The first-order valence-corrected chi connectivity index (χ1v) is 5.95. The summed E-state index contributed by atoms with van der Waals surface area (Å²) in [4.78, 5) is 16.3. The van der Waals surface area contributed by atoms with Crippen molar-refractivity contribution in [2.45, 2.75) is 13.8 Å². The molecule has 0 fully saturated rings. The minimum absolute atomic E-state index is 0.327. The number of nitrogens with zero attached hydrogens (tertiary/aromatic N) is 1. The van der Waals surface area contributed by atoms with E-state index >= 15 is 0 Å². The number of carbonyl (C=O) groups excluding carboxylic acids is 1. The summed E-state index contributed by atoms with van der Waals surface area (Å²) in [5.74, 6) is 0.118. The van der Waals surface area contributed by atoms with Gasteiger partial charge in [0.1, 0.15) is 11.3 Å². The number of rotatable bonds is 4. The highest BCUT2D eigenvalue weighted by Gasteiger charge is 2.18. The second-order valence-corrected chi connectivity index (χ2v) is 3.67. The molecule has 4 nitrogen and oxygen atoms in total. The van der Waals surface area contributed by atoms with Crippen LogP contribution in [0.3, 0.4) is 0 Å². The lowest BCUT2D eigenvalue weighted by Crippen LogP contribution is -2.09. The fourth-order valence-corrected chi connectivity index (χ4v) is 1.80. The van der Waals surface area contributed by atoms with Crippen LogP contribution in [-0.2, 0) is 4.74 Å². The van der Waals surface area contributed by atoms with E-state index in [4.69, 9.17) is 9.47 Å². The molecule has 2 aromatic rings. The van der Waals surface area contributed by atoms with Crippen LogP contribution in [0.5, 0.6) is 5.75 Å². The fourth-order valence-electron chi connectivity index (χ4n) is 1.80. The van der Waals surface area contributed by atoms with E-state index in [-0.39, 0.29) is 0 Å². The molecule has 2 rings (SSSR count). The van der Waals surface area contributed by atoms with Crippen molar-refractivity contribution in [1.82, 2.24) is 4.98 Å². The lowest BCUT2D eigenvalue weighted by atomic mass is 10.1. The quantitative estimate of drug-likeness (QED) is 0.777. The molecule has 18 heavy (non-hydrogen) atoms. The third kappa shape index (κ3) is 2.27. The molecule has 0 saturated carbocycles. The van der Waals surface area contributed by atoms with Crippen LogP contribution < -0.4 is 4.74 Å². The van der Waals surface area contributed by atoms with Crippen molar-refractivity contribution in [3.63, 3.8) is 0 Å². The summed E-state index contributed by atoms with van der Waals surface area (Å²) in [5, 5.41) is 0.893. The van der Waals surface area contributed by atoms with E-state index in [0.29, 0.717) is 30.0 Å². The maximum absolute atomic E-state index is 12.0. The number of fused-ring (bicyclic) bond motifs is 1. The fraction of sp³-hybridized carbons (Fsp3) is 0.286. The van der Waals surface area contributed by atoms with Gasteiger partial charge in [-0.3, -0.25) is 4.98 Å². The molecule has 0 aliphatic carbocycles. The highest BCUT2D eigenvalue weighted by atomic mass is 16.5. The lowest BCUT2D eigenvalue weighted by Gasteiger charge is -2.11. The van der Waals surface area contributed by atoms with Crippen molar-refractivity contribution >= 4 is 16.9 Å². The third-order valence-corrected chi connectivity index (χ3v) is 2.52. The Labute approximate surface area is 106 Å². The van der Waals surface area contributed by atoms with E-state index in [1.807, 2.05) is 25.1 Å². The van der Waals surface area contributed by atoms with Gasteiger partial charge in [0, 0.05) is 11.6 Å². The largest absolute Gasteiger partial charge is 0.493 e. The van der Waals surface area contributed by atoms with Crippen LogP contribution in [0.4, 0.5) is 0 Å². The number of carbonyl (C=O) groups is 1. The number of hydrogen-bond donors (Lipinski definition) is 0. The number of ether oxygens (including phenoxy) is 2. The molecule has 0 aliphatic rings. The molecular weight excluding hydrogens is 230 g/mol. The van der Waals surface area contributed by atoms with Crippen molar-refractivity contribution in [3.05, 3.63) is 36.0 Å². The maximum atomic E-state index is 12.0. The van der Waals surface area contributed by atoms with Gasteiger partial charge in [0.2, 0.25) is 0 Å². The van der Waals surface area contributed by atoms with Gasteiger partial charge in [-0.15, -0.1) is 0 Å². The Kier molecular flexibility index (Phi) is 3.77. The molecule has 0 amide bonds. The Morgan fingerprint density at radius 2 is 2.06 bits per heavy atom. The number of benzene rings is 1. The number of esters is 1. The molecule has 0 spiro atoms. The van der Waals surface area contributed by atoms with Crippen molar-refractivity contribution in [1.29, 1.82) is 0 Å². The molecule has 0 aliphatic heterocycles. The van der Waals surface area contributed by atoms with Crippen molar-refractivity contribution in [2.24, 2.45) is 0 Å². The van der Waals surface area contributed by atoms with E-state index in [2.05, 4.69) is 4.98 Å². The van der Waals surface area contributed by atoms with Crippen molar-refractivity contribution < 1.29 is 14.3 Å². The Morgan fingerprint density at radius 1 is 1.22 bits per heavy atom. The predicted octanol–water partition coefficient (Wildman–Crippen LogP) is 2.81. The van der Waals surface area contributed by atoms with E-state index in [1.165, 1.54) is 0 Å². The number of hydrogen-bond acceptors (Lipinski definition) is 4. The topological polar surface area (TPSA) is 48.4 Å². The minimum atomic E-state index is -0.398. The second kappa shape index (κ2) is 5.49. The molecule has 0 unspecified atom stereocenters. The Morgan fingerprint density at radius 3 is 2.78 bits per heavy atom. The molecule has 0 bridgehead atoms. The smallest absolute Gasteiger partial charge is 0.344 e. The standard InChI is InChI=1S/C14H15NO3/c1-3-17-11-8-7-10-6-5-9-15-13(10)12(11)14(16)18-4-2/h5-9H,3-4H2,1-2H3. The van der Waals surface area contributed by atoms with Crippen LogP contribution in [0.15, 0.2) is 30.5 Å². The van der Waals surface area contributed by atoms with E-state index in [9.17, 15) is 4.79 Å². The summed E-state index contributed by atoms with van der Waals surface area (Å²) < 4.78 is 10.5. The summed E-state index contributed by atoms with van der Waals surface area (Å²) in [6, 6.07) is 7.40.